The molecule has 0 amide bonds. The maximum Gasteiger partial charge on any atom is 0.201 e. The Morgan fingerprint density at radius 1 is 1.25 bits per heavy atom. The van der Waals surface area contributed by atoms with E-state index in [1.807, 2.05) is 34.9 Å². The van der Waals surface area contributed by atoms with E-state index in [9.17, 15) is 0 Å². The topological polar surface area (TPSA) is 68.0 Å². The van der Waals surface area contributed by atoms with Crippen molar-refractivity contribution >= 4 is 23.2 Å². The van der Waals surface area contributed by atoms with E-state index >= 15 is 0 Å². The molecule has 1 N–H and O–H groups in total. The second-order valence-electron chi connectivity index (χ2n) is 4.18. The van der Waals surface area contributed by atoms with Crippen LogP contribution >= 0.6 is 11.8 Å². The lowest BCUT2D eigenvalue weighted by molar-refractivity contribution is 0.912. The predicted octanol–water partition coefficient (Wildman–Crippen LogP) is 2.49. The molecule has 7 heteroatoms. The molecule has 102 valence electrons. The van der Waals surface area contributed by atoms with E-state index in [0.717, 1.165) is 34.6 Å². The van der Waals surface area contributed by atoms with E-state index in [1.165, 1.54) is 11.8 Å². The summed E-state index contributed by atoms with van der Waals surface area (Å²) in [5, 5.41) is 13.2. The minimum atomic E-state index is 0.792. The highest BCUT2D eigenvalue weighted by atomic mass is 32.2. The molecule has 0 aliphatic carbocycles. The Kier molecular flexibility index (Phi) is 3.78. The first kappa shape index (κ1) is 12.9. The van der Waals surface area contributed by atoms with E-state index in [2.05, 4.69) is 32.4 Å². The summed E-state index contributed by atoms with van der Waals surface area (Å²) in [6.07, 6.45) is 4.56. The van der Waals surface area contributed by atoms with Crippen molar-refractivity contribution in [3.63, 3.8) is 0 Å². The van der Waals surface area contributed by atoms with Crippen LogP contribution in [0.25, 0.3) is 5.65 Å². The summed E-state index contributed by atoms with van der Waals surface area (Å²) in [7, 11) is 0. The van der Waals surface area contributed by atoms with Crippen LogP contribution in [0.1, 0.15) is 13.3 Å². The first-order valence-corrected chi connectivity index (χ1v) is 7.22. The van der Waals surface area contributed by atoms with Gasteiger partial charge in [0.1, 0.15) is 17.2 Å². The molecule has 3 aromatic heterocycles. The summed E-state index contributed by atoms with van der Waals surface area (Å²) in [5.74, 6) is 0.832. The van der Waals surface area contributed by atoms with Gasteiger partial charge < -0.3 is 5.32 Å². The zero-order chi connectivity index (χ0) is 13.8. The van der Waals surface area contributed by atoms with Crippen molar-refractivity contribution in [3.05, 3.63) is 36.8 Å². The molecule has 0 radical (unpaired) electrons. The minimum Gasteiger partial charge on any atom is -0.370 e. The second kappa shape index (κ2) is 5.87. The van der Waals surface area contributed by atoms with E-state index in [-0.39, 0.29) is 0 Å². The van der Waals surface area contributed by atoms with Gasteiger partial charge in [0.15, 0.2) is 5.65 Å². The van der Waals surface area contributed by atoms with Crippen LogP contribution in [0.3, 0.4) is 0 Å². The third kappa shape index (κ3) is 2.72. The minimum absolute atomic E-state index is 0.792. The molecule has 0 unspecified atom stereocenters. The molecule has 0 aromatic carbocycles. The van der Waals surface area contributed by atoms with Crippen LogP contribution in [-0.4, -0.2) is 31.1 Å². The molecule has 0 saturated carbocycles. The number of hydrogen-bond donors (Lipinski definition) is 1. The second-order valence-corrected chi connectivity index (χ2v) is 5.17. The van der Waals surface area contributed by atoms with E-state index in [1.54, 1.807) is 6.33 Å². The molecular formula is C13H14N6S. The molecule has 3 aromatic rings. The molecular weight excluding hydrogens is 272 g/mol. The predicted molar refractivity (Wildman–Crippen MR) is 77.9 cm³/mol. The average Bonchev–Trinajstić information content (AvgIpc) is 2.89. The van der Waals surface area contributed by atoms with Crippen LogP contribution in [0.5, 0.6) is 0 Å². The number of nitrogens with one attached hydrogen (secondary N) is 1. The van der Waals surface area contributed by atoms with Crippen molar-refractivity contribution in [2.24, 2.45) is 0 Å². The first-order chi connectivity index (χ1) is 9.86. The number of hydrogen-bond acceptors (Lipinski definition) is 6. The van der Waals surface area contributed by atoms with Gasteiger partial charge in [-0.25, -0.2) is 9.97 Å². The van der Waals surface area contributed by atoms with Crippen molar-refractivity contribution in [2.75, 3.05) is 11.9 Å². The lowest BCUT2D eigenvalue weighted by Crippen LogP contribution is -2.02. The van der Waals surface area contributed by atoms with Crippen molar-refractivity contribution in [1.82, 2.24) is 24.6 Å². The summed E-state index contributed by atoms with van der Waals surface area (Å²) in [4.78, 5) is 8.45. The van der Waals surface area contributed by atoms with Crippen molar-refractivity contribution < 1.29 is 0 Å². The van der Waals surface area contributed by atoms with Gasteiger partial charge in [-0.1, -0.05) is 13.0 Å². The average molecular weight is 286 g/mol. The number of nitrogens with zero attached hydrogens (tertiary/aromatic N) is 5. The summed E-state index contributed by atoms with van der Waals surface area (Å²) in [6.45, 7) is 3.02. The number of fused-ring (bicyclic) bond motifs is 1. The fraction of sp³-hybridized carbons (Fsp3) is 0.231. The third-order valence-electron chi connectivity index (χ3n) is 2.68. The molecule has 0 bridgehead atoms. The largest absolute Gasteiger partial charge is 0.370 e. The number of anilines is 1. The molecule has 0 aliphatic rings. The molecule has 3 rings (SSSR count). The number of pyridine rings is 1. The fourth-order valence-electron chi connectivity index (χ4n) is 1.73. The fourth-order valence-corrected chi connectivity index (χ4v) is 2.52. The van der Waals surface area contributed by atoms with Crippen LogP contribution in [0.4, 0.5) is 5.82 Å². The van der Waals surface area contributed by atoms with Gasteiger partial charge in [-0.05, 0) is 30.3 Å². The molecule has 0 aliphatic heterocycles. The Morgan fingerprint density at radius 2 is 2.20 bits per heavy atom. The number of rotatable bonds is 5. The highest BCUT2D eigenvalue weighted by Gasteiger charge is 2.08. The Labute approximate surface area is 120 Å². The van der Waals surface area contributed by atoms with Crippen LogP contribution in [0.2, 0.25) is 0 Å². The molecule has 6 nitrogen and oxygen atoms in total. The Balaban J connectivity index is 1.83. The summed E-state index contributed by atoms with van der Waals surface area (Å²) in [6, 6.07) is 7.74. The van der Waals surface area contributed by atoms with Crippen molar-refractivity contribution in [1.29, 1.82) is 0 Å². The molecule has 0 saturated heterocycles. The summed E-state index contributed by atoms with van der Waals surface area (Å²) in [5.41, 5.74) is 0.827. The van der Waals surface area contributed by atoms with Gasteiger partial charge in [-0.2, -0.15) is 0 Å². The smallest absolute Gasteiger partial charge is 0.201 e. The summed E-state index contributed by atoms with van der Waals surface area (Å²) < 4.78 is 1.94. The monoisotopic (exact) mass is 286 g/mol. The molecule has 20 heavy (non-hydrogen) atoms. The van der Waals surface area contributed by atoms with Gasteiger partial charge >= 0.3 is 0 Å². The Hall–Kier alpha value is -2.15. The standard InChI is InChI=1S/C13H14N6S/c1-2-6-14-10-8-12(16-9-15-10)20-13-18-17-11-5-3-4-7-19(11)13/h3-5,7-9H,2,6H2,1H3,(H,14,15,16). The highest BCUT2D eigenvalue weighted by molar-refractivity contribution is 7.99. The van der Waals surface area contributed by atoms with Crippen LogP contribution in [-0.2, 0) is 0 Å². The summed E-state index contributed by atoms with van der Waals surface area (Å²) >= 11 is 1.47. The van der Waals surface area contributed by atoms with Crippen LogP contribution < -0.4 is 5.32 Å². The third-order valence-corrected chi connectivity index (χ3v) is 3.57. The molecule has 0 spiro atoms. The van der Waals surface area contributed by atoms with Gasteiger partial charge in [0.25, 0.3) is 0 Å². The van der Waals surface area contributed by atoms with E-state index in [4.69, 9.17) is 0 Å². The quantitative estimate of drug-likeness (QED) is 0.727. The van der Waals surface area contributed by atoms with Gasteiger partial charge in [0.2, 0.25) is 5.16 Å². The highest BCUT2D eigenvalue weighted by Crippen LogP contribution is 2.25. The zero-order valence-corrected chi connectivity index (χ0v) is 11.8. The normalized spacial score (nSPS) is 10.8. The lowest BCUT2D eigenvalue weighted by Gasteiger charge is -2.04. The van der Waals surface area contributed by atoms with Gasteiger partial charge in [0.05, 0.1) is 0 Å². The maximum atomic E-state index is 4.26. The van der Waals surface area contributed by atoms with Gasteiger partial charge in [0, 0.05) is 18.8 Å². The lowest BCUT2D eigenvalue weighted by atomic mass is 10.4. The van der Waals surface area contributed by atoms with Crippen LogP contribution in [0, 0.1) is 0 Å². The molecule has 0 fully saturated rings. The van der Waals surface area contributed by atoms with E-state index < -0.39 is 0 Å². The Morgan fingerprint density at radius 3 is 3.10 bits per heavy atom. The SMILES string of the molecule is CCCNc1cc(Sc2nnc3ccccn23)ncn1. The first-order valence-electron chi connectivity index (χ1n) is 6.40. The van der Waals surface area contributed by atoms with Crippen molar-refractivity contribution in [3.8, 4) is 0 Å². The van der Waals surface area contributed by atoms with E-state index in [0.29, 0.717) is 0 Å². The van der Waals surface area contributed by atoms with Gasteiger partial charge in [-0.15, -0.1) is 10.2 Å². The van der Waals surface area contributed by atoms with Crippen LogP contribution in [0.15, 0.2) is 47.0 Å². The molecule has 3 heterocycles. The van der Waals surface area contributed by atoms with Crippen molar-refractivity contribution in [2.45, 2.75) is 23.5 Å². The zero-order valence-electron chi connectivity index (χ0n) is 11.0. The van der Waals surface area contributed by atoms with Gasteiger partial charge in [-0.3, -0.25) is 4.40 Å². The maximum absolute atomic E-state index is 4.26. The number of aromatic nitrogens is 5. The molecule has 0 atom stereocenters. The Bertz CT molecular complexity index is 711.